The molecular formula is C15H14N2. The lowest BCUT2D eigenvalue weighted by Gasteiger charge is -1.96. The summed E-state index contributed by atoms with van der Waals surface area (Å²) in [6.45, 7) is 4.04. The molecule has 2 nitrogen and oxygen atoms in total. The molecule has 0 saturated heterocycles. The monoisotopic (exact) mass is 222 g/mol. The first-order valence-corrected chi connectivity index (χ1v) is 5.55. The van der Waals surface area contributed by atoms with E-state index in [0.717, 1.165) is 22.5 Å². The Bertz CT molecular complexity index is 529. The molecule has 0 amide bonds. The smallest absolute Gasteiger partial charge is 0.100 e. The van der Waals surface area contributed by atoms with Crippen molar-refractivity contribution in [2.45, 2.75) is 13.8 Å². The number of para-hydroxylation sites is 2. The third-order valence-corrected chi connectivity index (χ3v) is 2.57. The number of aryl methyl sites for hydroxylation is 2. The van der Waals surface area contributed by atoms with Crippen LogP contribution in [0.4, 0.5) is 11.4 Å². The molecule has 0 aliphatic rings. The van der Waals surface area contributed by atoms with Crippen molar-refractivity contribution in [1.82, 2.24) is 0 Å². The van der Waals surface area contributed by atoms with E-state index in [4.69, 9.17) is 0 Å². The van der Waals surface area contributed by atoms with Crippen LogP contribution in [0.2, 0.25) is 0 Å². The molecule has 0 N–H and O–H groups in total. The Morgan fingerprint density at radius 1 is 0.706 bits per heavy atom. The summed E-state index contributed by atoms with van der Waals surface area (Å²) in [6.07, 6.45) is 0. The van der Waals surface area contributed by atoms with Gasteiger partial charge in [0.2, 0.25) is 0 Å². The molecule has 2 aromatic rings. The molecule has 0 atom stereocenters. The van der Waals surface area contributed by atoms with Crippen molar-refractivity contribution in [2.24, 2.45) is 9.98 Å². The van der Waals surface area contributed by atoms with Gasteiger partial charge < -0.3 is 0 Å². The summed E-state index contributed by atoms with van der Waals surface area (Å²) in [4.78, 5) is 8.45. The van der Waals surface area contributed by atoms with Crippen molar-refractivity contribution in [3.63, 3.8) is 0 Å². The minimum absolute atomic E-state index is 0.907. The number of nitrogens with zero attached hydrogens (tertiary/aromatic N) is 2. The molecule has 0 aliphatic heterocycles. The highest BCUT2D eigenvalue weighted by Crippen LogP contribution is 2.18. The molecule has 0 radical (unpaired) electrons. The highest BCUT2D eigenvalue weighted by molar-refractivity contribution is 5.60. The van der Waals surface area contributed by atoms with E-state index in [-0.39, 0.29) is 0 Å². The second-order valence-electron chi connectivity index (χ2n) is 3.90. The highest BCUT2D eigenvalue weighted by atomic mass is 14.8. The average molecular weight is 222 g/mol. The number of benzene rings is 2. The Labute approximate surface area is 101 Å². The Kier molecular flexibility index (Phi) is 3.49. The van der Waals surface area contributed by atoms with Gasteiger partial charge in [0.05, 0.1) is 11.4 Å². The quantitative estimate of drug-likeness (QED) is 0.671. The Morgan fingerprint density at radius 3 is 1.53 bits per heavy atom. The molecule has 0 saturated carbocycles. The van der Waals surface area contributed by atoms with Crippen molar-refractivity contribution < 1.29 is 0 Å². The maximum atomic E-state index is 4.23. The van der Waals surface area contributed by atoms with Crippen LogP contribution in [0.15, 0.2) is 58.5 Å². The fourth-order valence-electron chi connectivity index (χ4n) is 1.51. The van der Waals surface area contributed by atoms with Gasteiger partial charge in [0, 0.05) is 0 Å². The fraction of sp³-hybridized carbons (Fsp3) is 0.133. The van der Waals surface area contributed by atoms with Crippen molar-refractivity contribution in [3.05, 3.63) is 59.7 Å². The summed E-state index contributed by atoms with van der Waals surface area (Å²) >= 11 is 0. The van der Waals surface area contributed by atoms with E-state index in [2.05, 4.69) is 16.0 Å². The standard InChI is InChI=1S/C15H14N2/c1-12-7-3-5-9-14(12)16-11-17-15-10-6-4-8-13(15)2/h3-10H,1-2H3. The lowest BCUT2D eigenvalue weighted by atomic mass is 10.2. The molecular weight excluding hydrogens is 208 g/mol. The van der Waals surface area contributed by atoms with Gasteiger partial charge in [-0.3, -0.25) is 0 Å². The third kappa shape index (κ3) is 2.90. The van der Waals surface area contributed by atoms with E-state index < -0.39 is 0 Å². The SMILES string of the molecule is Cc1ccccc1N=C=Nc1ccccc1C. The lowest BCUT2D eigenvalue weighted by molar-refractivity contribution is 1.38. The number of rotatable bonds is 2. The van der Waals surface area contributed by atoms with Gasteiger partial charge in [-0.05, 0) is 37.1 Å². The van der Waals surface area contributed by atoms with Gasteiger partial charge in [-0.25, -0.2) is 0 Å². The van der Waals surface area contributed by atoms with Crippen molar-refractivity contribution in [2.75, 3.05) is 0 Å². The molecule has 0 heterocycles. The second-order valence-corrected chi connectivity index (χ2v) is 3.90. The minimum atomic E-state index is 0.907. The van der Waals surface area contributed by atoms with E-state index >= 15 is 0 Å². The van der Waals surface area contributed by atoms with Crippen LogP contribution >= 0.6 is 0 Å². The van der Waals surface area contributed by atoms with E-state index in [9.17, 15) is 0 Å². The molecule has 2 heteroatoms. The lowest BCUT2D eigenvalue weighted by Crippen LogP contribution is -1.73. The zero-order valence-corrected chi connectivity index (χ0v) is 10.0. The van der Waals surface area contributed by atoms with Gasteiger partial charge in [-0.15, -0.1) is 0 Å². The molecule has 84 valence electrons. The van der Waals surface area contributed by atoms with Gasteiger partial charge in [-0.1, -0.05) is 36.4 Å². The summed E-state index contributed by atoms with van der Waals surface area (Å²) in [5.74, 6) is 0. The fourth-order valence-corrected chi connectivity index (χ4v) is 1.51. The van der Waals surface area contributed by atoms with E-state index in [1.54, 1.807) is 0 Å². The van der Waals surface area contributed by atoms with Crippen molar-refractivity contribution >= 4 is 17.4 Å². The molecule has 0 fully saturated rings. The van der Waals surface area contributed by atoms with Crippen LogP contribution in [0.1, 0.15) is 11.1 Å². The summed E-state index contributed by atoms with van der Waals surface area (Å²) in [6, 6.07) is 18.6. The summed E-state index contributed by atoms with van der Waals surface area (Å²) in [5, 5.41) is 0. The number of aliphatic imine (C=N–C) groups is 2. The van der Waals surface area contributed by atoms with Gasteiger partial charge in [-0.2, -0.15) is 9.98 Å². The Morgan fingerprint density at radius 2 is 1.12 bits per heavy atom. The molecule has 0 aromatic heterocycles. The second kappa shape index (κ2) is 5.24. The Hall–Kier alpha value is -2.18. The van der Waals surface area contributed by atoms with Crippen molar-refractivity contribution in [3.8, 4) is 0 Å². The Balaban J connectivity index is 2.28. The van der Waals surface area contributed by atoms with Gasteiger partial charge in [0.1, 0.15) is 6.01 Å². The van der Waals surface area contributed by atoms with Gasteiger partial charge in [0.15, 0.2) is 0 Å². The molecule has 17 heavy (non-hydrogen) atoms. The molecule has 2 aromatic carbocycles. The average Bonchev–Trinajstić information content (AvgIpc) is 2.34. The topological polar surface area (TPSA) is 24.7 Å². The first-order chi connectivity index (χ1) is 8.27. The molecule has 0 aliphatic carbocycles. The zero-order valence-electron chi connectivity index (χ0n) is 10.0. The number of hydrogen-bond acceptors (Lipinski definition) is 2. The van der Waals surface area contributed by atoms with Gasteiger partial charge >= 0.3 is 0 Å². The number of hydrogen-bond donors (Lipinski definition) is 0. The van der Waals surface area contributed by atoms with E-state index in [1.165, 1.54) is 0 Å². The van der Waals surface area contributed by atoms with Crippen LogP contribution in [0.25, 0.3) is 0 Å². The van der Waals surface area contributed by atoms with E-state index in [1.807, 2.05) is 62.4 Å². The first kappa shape index (κ1) is 11.3. The summed E-state index contributed by atoms with van der Waals surface area (Å²) < 4.78 is 0. The molecule has 2 rings (SSSR count). The predicted molar refractivity (Wildman–Crippen MR) is 71.5 cm³/mol. The van der Waals surface area contributed by atoms with Crippen LogP contribution in [0.3, 0.4) is 0 Å². The van der Waals surface area contributed by atoms with Crippen LogP contribution in [-0.2, 0) is 0 Å². The summed E-state index contributed by atoms with van der Waals surface area (Å²) in [5.41, 5.74) is 4.06. The first-order valence-electron chi connectivity index (χ1n) is 5.55. The predicted octanol–water partition coefficient (Wildman–Crippen LogP) is 4.44. The maximum Gasteiger partial charge on any atom is 0.100 e. The minimum Gasteiger partial charge on any atom is -0.187 e. The third-order valence-electron chi connectivity index (χ3n) is 2.57. The summed E-state index contributed by atoms with van der Waals surface area (Å²) in [7, 11) is 0. The van der Waals surface area contributed by atoms with Crippen LogP contribution < -0.4 is 0 Å². The van der Waals surface area contributed by atoms with Crippen molar-refractivity contribution in [1.29, 1.82) is 0 Å². The zero-order chi connectivity index (χ0) is 12.1. The van der Waals surface area contributed by atoms with Crippen LogP contribution in [0.5, 0.6) is 0 Å². The molecule has 0 bridgehead atoms. The van der Waals surface area contributed by atoms with Crippen LogP contribution in [-0.4, -0.2) is 6.01 Å². The normalized spacial score (nSPS) is 9.53. The molecule has 0 unspecified atom stereocenters. The highest BCUT2D eigenvalue weighted by Gasteiger charge is 1.92. The molecule has 0 spiro atoms. The van der Waals surface area contributed by atoms with E-state index in [0.29, 0.717) is 0 Å². The maximum absolute atomic E-state index is 4.23. The largest absolute Gasteiger partial charge is 0.187 e. The van der Waals surface area contributed by atoms with Gasteiger partial charge in [0.25, 0.3) is 0 Å². The van der Waals surface area contributed by atoms with Crippen LogP contribution in [0, 0.1) is 13.8 Å².